The van der Waals surface area contributed by atoms with Gasteiger partial charge in [-0.3, -0.25) is 10.9 Å². The maximum Gasteiger partial charge on any atom is 0.184 e. The van der Waals surface area contributed by atoms with Gasteiger partial charge in [-0.15, -0.1) is 0 Å². The van der Waals surface area contributed by atoms with Gasteiger partial charge in [-0.05, 0) is 24.4 Å². The van der Waals surface area contributed by atoms with E-state index >= 15 is 0 Å². The zero-order chi connectivity index (χ0) is 9.40. The summed E-state index contributed by atoms with van der Waals surface area (Å²) in [5.74, 6) is 0. The molecule has 0 aromatic heterocycles. The Morgan fingerprint density at radius 1 is 1.00 bits per heavy atom. The number of nitrogens with one attached hydrogen (secondary N) is 2. The molecule has 0 atom stereocenters. The first-order valence-electron chi connectivity index (χ1n) is 2.78. The van der Waals surface area contributed by atoms with E-state index in [-0.39, 0.29) is 26.7 Å². The zero-order valence-corrected chi connectivity index (χ0v) is 8.96. The van der Waals surface area contributed by atoms with E-state index in [1.165, 1.54) is 12.4 Å². The van der Waals surface area contributed by atoms with Crippen molar-refractivity contribution in [2.75, 3.05) is 0 Å². The standard InChI is InChI=1S/C4H8N6S2.Ni/c5-3(11)9-7-1-2-8-10-4(6)12;/h1-2H,(H3,5,9,11)(H3,6,10,12);. The molecule has 0 aromatic carbocycles. The van der Waals surface area contributed by atoms with Crippen LogP contribution in [-0.2, 0) is 16.5 Å². The van der Waals surface area contributed by atoms with Gasteiger partial charge in [-0.25, -0.2) is 0 Å². The third kappa shape index (κ3) is 14.1. The van der Waals surface area contributed by atoms with Crippen molar-refractivity contribution in [2.45, 2.75) is 0 Å². The second kappa shape index (κ2) is 9.30. The Hall–Kier alpha value is -0.786. The summed E-state index contributed by atoms with van der Waals surface area (Å²) in [4.78, 5) is 0. The summed E-state index contributed by atoms with van der Waals surface area (Å²) in [6, 6.07) is 0. The summed E-state index contributed by atoms with van der Waals surface area (Å²) in [5.41, 5.74) is 14.8. The molecule has 0 spiro atoms. The molecule has 0 rings (SSSR count). The van der Waals surface area contributed by atoms with E-state index < -0.39 is 0 Å². The third-order valence-electron chi connectivity index (χ3n) is 0.565. The SMILES string of the molecule is NC(=S)NN=CC=NNC(N)=S.[Ni]. The molecule has 0 radical (unpaired) electrons. The van der Waals surface area contributed by atoms with Gasteiger partial charge in [0.05, 0.1) is 12.4 Å². The summed E-state index contributed by atoms with van der Waals surface area (Å²) < 4.78 is 0. The Morgan fingerprint density at radius 2 is 1.31 bits per heavy atom. The molecule has 0 aromatic rings. The minimum Gasteiger partial charge on any atom is -0.375 e. The van der Waals surface area contributed by atoms with Crippen molar-refractivity contribution in [3.63, 3.8) is 0 Å². The molecule has 0 fully saturated rings. The molecule has 0 aliphatic heterocycles. The summed E-state index contributed by atoms with van der Waals surface area (Å²) in [7, 11) is 0. The first-order valence-corrected chi connectivity index (χ1v) is 3.60. The predicted octanol–water partition coefficient (Wildman–Crippen LogP) is -1.38. The summed E-state index contributed by atoms with van der Waals surface area (Å²) in [5, 5.41) is 7.28. The number of thiocarbonyl (C=S) groups is 2. The van der Waals surface area contributed by atoms with Gasteiger partial charge in [0.15, 0.2) is 10.2 Å². The third-order valence-corrected chi connectivity index (χ3v) is 0.748. The second-order valence-electron chi connectivity index (χ2n) is 1.51. The minimum atomic E-state index is 0. The number of nitrogens with two attached hydrogens (primary N) is 2. The van der Waals surface area contributed by atoms with E-state index in [1.807, 2.05) is 0 Å². The Morgan fingerprint density at radius 3 is 1.54 bits per heavy atom. The van der Waals surface area contributed by atoms with Gasteiger partial charge in [0.1, 0.15) is 0 Å². The van der Waals surface area contributed by atoms with E-state index in [1.54, 1.807) is 0 Å². The van der Waals surface area contributed by atoms with Crippen LogP contribution in [0.3, 0.4) is 0 Å². The zero-order valence-electron chi connectivity index (χ0n) is 6.34. The average molecular weight is 263 g/mol. The van der Waals surface area contributed by atoms with Crippen molar-refractivity contribution >= 4 is 47.1 Å². The van der Waals surface area contributed by atoms with Crippen LogP contribution in [0.15, 0.2) is 10.2 Å². The van der Waals surface area contributed by atoms with Crippen molar-refractivity contribution in [1.29, 1.82) is 0 Å². The molecule has 0 bridgehead atoms. The maximum atomic E-state index is 5.06. The van der Waals surface area contributed by atoms with Crippen LogP contribution in [0.25, 0.3) is 0 Å². The summed E-state index contributed by atoms with van der Waals surface area (Å²) >= 11 is 8.93. The fourth-order valence-electron chi connectivity index (χ4n) is 0.268. The molecular formula is C4H8N6NiS2. The number of hydrogen-bond acceptors (Lipinski definition) is 4. The van der Waals surface area contributed by atoms with E-state index in [0.29, 0.717) is 0 Å². The van der Waals surface area contributed by atoms with Crippen molar-refractivity contribution < 1.29 is 16.5 Å². The van der Waals surface area contributed by atoms with Gasteiger partial charge in [0.2, 0.25) is 0 Å². The van der Waals surface area contributed by atoms with Crippen LogP contribution in [0.4, 0.5) is 0 Å². The minimum absolute atomic E-state index is 0. The van der Waals surface area contributed by atoms with E-state index in [9.17, 15) is 0 Å². The van der Waals surface area contributed by atoms with Crippen molar-refractivity contribution in [3.8, 4) is 0 Å². The molecule has 0 unspecified atom stereocenters. The molecule has 6 nitrogen and oxygen atoms in total. The molecular weight excluding hydrogens is 255 g/mol. The topological polar surface area (TPSA) is 101 Å². The van der Waals surface area contributed by atoms with Crippen molar-refractivity contribution in [1.82, 2.24) is 10.9 Å². The van der Waals surface area contributed by atoms with E-state index in [0.717, 1.165) is 0 Å². The van der Waals surface area contributed by atoms with Crippen molar-refractivity contribution in [2.24, 2.45) is 21.7 Å². The monoisotopic (exact) mass is 262 g/mol. The smallest absolute Gasteiger partial charge is 0.184 e. The number of hydrogen-bond donors (Lipinski definition) is 4. The van der Waals surface area contributed by atoms with Gasteiger partial charge >= 0.3 is 0 Å². The number of rotatable bonds is 3. The first-order chi connectivity index (χ1) is 5.63. The molecule has 0 saturated heterocycles. The van der Waals surface area contributed by atoms with Gasteiger partial charge < -0.3 is 11.5 Å². The molecule has 9 heteroatoms. The van der Waals surface area contributed by atoms with Crippen LogP contribution in [0, 0.1) is 0 Å². The average Bonchev–Trinajstić information content (AvgIpc) is 1.95. The van der Waals surface area contributed by atoms with Gasteiger partial charge in [0, 0.05) is 16.5 Å². The van der Waals surface area contributed by atoms with Crippen LogP contribution in [0.1, 0.15) is 0 Å². The quantitative estimate of drug-likeness (QED) is 0.217. The fraction of sp³-hybridized carbons (Fsp3) is 0. The largest absolute Gasteiger partial charge is 0.375 e. The van der Waals surface area contributed by atoms with Crippen LogP contribution < -0.4 is 22.3 Å². The first kappa shape index (κ1) is 14.7. The van der Waals surface area contributed by atoms with Crippen LogP contribution in [0.5, 0.6) is 0 Å². The summed E-state index contributed by atoms with van der Waals surface area (Å²) in [6.45, 7) is 0. The molecule has 0 amide bonds. The molecule has 0 aliphatic carbocycles. The fourth-order valence-corrected chi connectivity index (χ4v) is 0.374. The van der Waals surface area contributed by atoms with Crippen LogP contribution in [-0.4, -0.2) is 22.7 Å². The Labute approximate surface area is 96.1 Å². The molecule has 0 heterocycles. The molecule has 76 valence electrons. The second-order valence-corrected chi connectivity index (χ2v) is 2.39. The van der Waals surface area contributed by atoms with Crippen LogP contribution in [0.2, 0.25) is 0 Å². The number of nitrogens with zero attached hydrogens (tertiary/aromatic N) is 2. The van der Waals surface area contributed by atoms with Gasteiger partial charge in [-0.2, -0.15) is 10.2 Å². The predicted molar refractivity (Wildman–Crippen MR) is 56.8 cm³/mol. The molecule has 0 aliphatic rings. The van der Waals surface area contributed by atoms with Crippen molar-refractivity contribution in [3.05, 3.63) is 0 Å². The summed E-state index contributed by atoms with van der Waals surface area (Å²) in [6.07, 6.45) is 2.68. The van der Waals surface area contributed by atoms with Crippen LogP contribution >= 0.6 is 24.4 Å². The van der Waals surface area contributed by atoms with E-state index in [2.05, 4.69) is 45.5 Å². The Balaban J connectivity index is 0. The van der Waals surface area contributed by atoms with E-state index in [4.69, 9.17) is 11.5 Å². The normalized spacial score (nSPS) is 9.54. The number of hydrazone groups is 2. The Kier molecular flexibility index (Phi) is 10.5. The van der Waals surface area contributed by atoms with Gasteiger partial charge in [-0.1, -0.05) is 0 Å². The van der Waals surface area contributed by atoms with Gasteiger partial charge in [0.25, 0.3) is 0 Å². The molecule has 0 saturated carbocycles. The maximum absolute atomic E-state index is 5.06. The molecule has 6 N–H and O–H groups in total. The molecule has 13 heavy (non-hydrogen) atoms. The Bertz CT molecular complexity index is 203.